The lowest BCUT2D eigenvalue weighted by molar-refractivity contribution is -0.148. The van der Waals surface area contributed by atoms with Gasteiger partial charge in [0.15, 0.2) is 11.5 Å². The van der Waals surface area contributed by atoms with Crippen molar-refractivity contribution in [1.82, 2.24) is 4.90 Å². The van der Waals surface area contributed by atoms with E-state index in [0.717, 1.165) is 0 Å². The van der Waals surface area contributed by atoms with Crippen LogP contribution in [0.2, 0.25) is 0 Å². The molecule has 3 atom stereocenters. The third kappa shape index (κ3) is 6.85. The van der Waals surface area contributed by atoms with Gasteiger partial charge in [0, 0.05) is 26.1 Å². The third-order valence-electron chi connectivity index (χ3n) is 5.46. The second-order valence-electron chi connectivity index (χ2n) is 9.16. The molecule has 1 aromatic carbocycles. The number of hydrogen-bond donors (Lipinski definition) is 0. The molecule has 0 bridgehead atoms. The molecule has 1 unspecified atom stereocenters. The molecule has 1 amide bonds. The summed E-state index contributed by atoms with van der Waals surface area (Å²) >= 11 is 0. The molecule has 2 rings (SSSR count). The van der Waals surface area contributed by atoms with Crippen LogP contribution in [0.5, 0.6) is 11.5 Å². The van der Waals surface area contributed by atoms with Crippen LogP contribution in [0.4, 0.5) is 4.79 Å². The maximum Gasteiger partial charge on any atom is 0.411 e. The Balaban J connectivity index is 2.52. The highest BCUT2D eigenvalue weighted by Crippen LogP contribution is 2.45. The number of carbonyl (C=O) groups excluding carboxylic acids is 3. The van der Waals surface area contributed by atoms with Crippen LogP contribution in [0.1, 0.15) is 59.1 Å². The standard InChI is InChI=1S/C25H37NO8/c1-8-32-23(28)19-15-18(16(2)27)22(26(19)24(29)34-25(3,4)5)17-10-11-20(31-7)21(14-17)33-13-9-12-30-6/h10-11,14,18-19,22H,8-9,12-13,15H2,1-7H3/t18-,19+,22?/m1/s1. The second kappa shape index (κ2) is 12.1. The topological polar surface area (TPSA) is 101 Å². The minimum absolute atomic E-state index is 0.135. The molecule has 9 heteroatoms. The van der Waals surface area contributed by atoms with Crippen LogP contribution in [-0.4, -0.2) is 68.4 Å². The number of Topliss-reactive ketones (excluding diaryl/α,β-unsaturated/α-hetero) is 1. The Morgan fingerprint density at radius 3 is 2.35 bits per heavy atom. The first-order valence-electron chi connectivity index (χ1n) is 11.5. The predicted octanol–water partition coefficient (Wildman–Crippen LogP) is 3.93. The Bertz CT molecular complexity index is 863. The van der Waals surface area contributed by atoms with E-state index in [4.69, 9.17) is 23.7 Å². The number of ether oxygens (including phenoxy) is 5. The number of nitrogens with zero attached hydrogens (tertiary/aromatic N) is 1. The van der Waals surface area contributed by atoms with Crippen LogP contribution in [0, 0.1) is 5.92 Å². The van der Waals surface area contributed by atoms with Crippen molar-refractivity contribution in [1.29, 1.82) is 0 Å². The highest BCUT2D eigenvalue weighted by molar-refractivity contribution is 5.87. The fourth-order valence-electron chi connectivity index (χ4n) is 4.03. The van der Waals surface area contributed by atoms with Crippen LogP contribution in [0.3, 0.4) is 0 Å². The summed E-state index contributed by atoms with van der Waals surface area (Å²) < 4.78 is 27.2. The Morgan fingerprint density at radius 2 is 1.79 bits per heavy atom. The number of hydrogen-bond acceptors (Lipinski definition) is 8. The first-order valence-corrected chi connectivity index (χ1v) is 11.5. The Morgan fingerprint density at radius 1 is 1.09 bits per heavy atom. The molecule has 1 heterocycles. The van der Waals surface area contributed by atoms with E-state index in [1.54, 1.807) is 53.0 Å². The van der Waals surface area contributed by atoms with E-state index >= 15 is 0 Å². The minimum Gasteiger partial charge on any atom is -0.493 e. The van der Waals surface area contributed by atoms with Crippen molar-refractivity contribution >= 4 is 17.8 Å². The molecule has 0 N–H and O–H groups in total. The lowest BCUT2D eigenvalue weighted by Crippen LogP contribution is -2.45. The van der Waals surface area contributed by atoms with E-state index < -0.39 is 35.7 Å². The van der Waals surface area contributed by atoms with Crippen molar-refractivity contribution in [3.05, 3.63) is 23.8 Å². The summed E-state index contributed by atoms with van der Waals surface area (Å²) in [4.78, 5) is 40.1. The van der Waals surface area contributed by atoms with Gasteiger partial charge in [0.2, 0.25) is 0 Å². The van der Waals surface area contributed by atoms with Gasteiger partial charge in [-0.2, -0.15) is 0 Å². The molecule has 0 aliphatic carbocycles. The minimum atomic E-state index is -0.943. The number of esters is 1. The molecular formula is C25H37NO8. The molecule has 1 aromatic rings. The molecule has 1 aliphatic rings. The highest BCUT2D eigenvalue weighted by Gasteiger charge is 2.51. The first-order chi connectivity index (χ1) is 16.0. The maximum absolute atomic E-state index is 13.3. The average Bonchev–Trinajstić information content (AvgIpc) is 3.17. The zero-order valence-electron chi connectivity index (χ0n) is 21.2. The van der Waals surface area contributed by atoms with E-state index in [-0.39, 0.29) is 18.8 Å². The van der Waals surface area contributed by atoms with Crippen LogP contribution in [0.15, 0.2) is 18.2 Å². The molecule has 1 saturated heterocycles. The summed E-state index contributed by atoms with van der Waals surface area (Å²) in [6.07, 6.45) is 0.143. The highest BCUT2D eigenvalue weighted by atomic mass is 16.6. The van der Waals surface area contributed by atoms with Gasteiger partial charge in [-0.1, -0.05) is 6.07 Å². The average molecular weight is 480 g/mol. The molecule has 0 radical (unpaired) electrons. The number of benzene rings is 1. The summed E-state index contributed by atoms with van der Waals surface area (Å²) in [6.45, 7) is 9.51. The number of likely N-dealkylation sites (tertiary alicyclic amines) is 1. The molecule has 0 saturated carbocycles. The van der Waals surface area contributed by atoms with Crippen molar-refractivity contribution in [2.24, 2.45) is 5.92 Å². The third-order valence-corrected chi connectivity index (χ3v) is 5.46. The van der Waals surface area contributed by atoms with Crippen LogP contribution < -0.4 is 9.47 Å². The molecule has 1 aliphatic heterocycles. The van der Waals surface area contributed by atoms with Crippen molar-refractivity contribution in [2.45, 2.75) is 65.1 Å². The van der Waals surface area contributed by atoms with Gasteiger partial charge >= 0.3 is 12.1 Å². The van der Waals surface area contributed by atoms with Gasteiger partial charge in [-0.05, 0) is 58.7 Å². The van der Waals surface area contributed by atoms with Gasteiger partial charge in [0.05, 0.1) is 26.4 Å². The molecule has 34 heavy (non-hydrogen) atoms. The summed E-state index contributed by atoms with van der Waals surface area (Å²) in [7, 11) is 3.16. The largest absolute Gasteiger partial charge is 0.493 e. The van der Waals surface area contributed by atoms with Crippen LogP contribution in [0.25, 0.3) is 0 Å². The number of carbonyl (C=O) groups is 3. The second-order valence-corrected chi connectivity index (χ2v) is 9.16. The van der Waals surface area contributed by atoms with E-state index in [2.05, 4.69) is 0 Å². The van der Waals surface area contributed by atoms with Crippen molar-refractivity contribution in [3.63, 3.8) is 0 Å². The smallest absolute Gasteiger partial charge is 0.411 e. The monoisotopic (exact) mass is 479 g/mol. The van der Waals surface area contributed by atoms with E-state index in [1.807, 2.05) is 0 Å². The van der Waals surface area contributed by atoms with E-state index in [0.29, 0.717) is 36.7 Å². The van der Waals surface area contributed by atoms with Crippen LogP contribution >= 0.6 is 0 Å². The van der Waals surface area contributed by atoms with Crippen molar-refractivity contribution in [3.8, 4) is 11.5 Å². The fourth-order valence-corrected chi connectivity index (χ4v) is 4.03. The zero-order chi connectivity index (χ0) is 25.5. The van der Waals surface area contributed by atoms with Gasteiger partial charge in [-0.15, -0.1) is 0 Å². The summed E-state index contributed by atoms with van der Waals surface area (Å²) in [6, 6.07) is 3.57. The number of ketones is 1. The molecule has 0 aromatic heterocycles. The molecule has 190 valence electrons. The van der Waals surface area contributed by atoms with Crippen molar-refractivity contribution in [2.75, 3.05) is 34.0 Å². The quantitative estimate of drug-likeness (QED) is 0.368. The fraction of sp³-hybridized carbons (Fsp3) is 0.640. The van der Waals surface area contributed by atoms with Gasteiger partial charge in [0.1, 0.15) is 17.4 Å². The summed E-state index contributed by atoms with van der Waals surface area (Å²) in [5, 5.41) is 0. The van der Waals surface area contributed by atoms with Gasteiger partial charge < -0.3 is 23.7 Å². The van der Waals surface area contributed by atoms with Crippen molar-refractivity contribution < 1.29 is 38.1 Å². The number of amides is 1. The van der Waals surface area contributed by atoms with Gasteiger partial charge in [-0.25, -0.2) is 9.59 Å². The van der Waals surface area contributed by atoms with E-state index in [9.17, 15) is 14.4 Å². The Labute approximate surface area is 201 Å². The van der Waals surface area contributed by atoms with Crippen LogP contribution in [-0.2, 0) is 23.8 Å². The van der Waals surface area contributed by atoms with Gasteiger partial charge in [0.25, 0.3) is 0 Å². The first kappa shape index (κ1) is 27.4. The maximum atomic E-state index is 13.3. The lowest BCUT2D eigenvalue weighted by atomic mass is 9.90. The molecule has 9 nitrogen and oxygen atoms in total. The predicted molar refractivity (Wildman–Crippen MR) is 125 cm³/mol. The van der Waals surface area contributed by atoms with E-state index in [1.165, 1.54) is 18.9 Å². The lowest BCUT2D eigenvalue weighted by Gasteiger charge is -2.33. The SMILES string of the molecule is CCOC(=O)[C@@H]1C[C@H](C(C)=O)C(c2ccc(OC)c(OCCCOC)c2)N1C(=O)OC(C)(C)C. The molecular weight excluding hydrogens is 442 g/mol. The number of rotatable bonds is 10. The summed E-state index contributed by atoms with van der Waals surface area (Å²) in [5.74, 6) is -0.321. The number of methoxy groups -OCH3 is 2. The normalized spacial score (nSPS) is 20.1. The Kier molecular flexibility index (Phi) is 9.73. The van der Waals surface area contributed by atoms with Gasteiger partial charge in [-0.3, -0.25) is 9.69 Å². The molecule has 0 spiro atoms. The summed E-state index contributed by atoms with van der Waals surface area (Å²) in [5.41, 5.74) is -0.148. The Hall–Kier alpha value is -2.81. The zero-order valence-corrected chi connectivity index (χ0v) is 21.2. The molecule has 1 fully saturated rings.